The lowest BCUT2D eigenvalue weighted by Gasteiger charge is -2.26. The normalized spacial score (nSPS) is 19.9. The lowest BCUT2D eigenvalue weighted by atomic mass is 9.88. The molecule has 1 aliphatic heterocycles. The van der Waals surface area contributed by atoms with Crippen LogP contribution >= 0.6 is 0 Å². The summed E-state index contributed by atoms with van der Waals surface area (Å²) >= 11 is 0. The minimum Gasteiger partial charge on any atom is -0.493 e. The van der Waals surface area contributed by atoms with Crippen molar-refractivity contribution in [2.75, 3.05) is 40.4 Å². The third-order valence-electron chi connectivity index (χ3n) is 6.26. The third kappa shape index (κ3) is 6.52. The number of nitrogens with one attached hydrogen (secondary N) is 2. The highest BCUT2D eigenvalue weighted by molar-refractivity contribution is 5.81. The van der Waals surface area contributed by atoms with Gasteiger partial charge in [0, 0.05) is 38.1 Å². The summed E-state index contributed by atoms with van der Waals surface area (Å²) in [5, 5.41) is 6.87. The second-order valence-corrected chi connectivity index (χ2v) is 8.45. The van der Waals surface area contributed by atoms with Gasteiger partial charge in [-0.05, 0) is 50.3 Å². The first-order valence-electron chi connectivity index (χ1n) is 11.7. The number of methoxy groups -OCH3 is 2. The molecule has 1 unspecified atom stereocenters. The first-order chi connectivity index (χ1) is 15.1. The second kappa shape index (κ2) is 11.8. The number of carbonyl (C=O) groups excluding carboxylic acids is 1. The predicted molar refractivity (Wildman–Crippen MR) is 124 cm³/mol. The van der Waals surface area contributed by atoms with Crippen molar-refractivity contribution in [1.29, 1.82) is 0 Å². The topological polar surface area (TPSA) is 75.2 Å². The summed E-state index contributed by atoms with van der Waals surface area (Å²) in [4.78, 5) is 19.6. The second-order valence-electron chi connectivity index (χ2n) is 8.45. The smallest absolute Gasteiger partial charge is 0.225 e. The fourth-order valence-electron chi connectivity index (χ4n) is 4.53. The first-order valence-corrected chi connectivity index (χ1v) is 11.7. The molecule has 31 heavy (non-hydrogen) atoms. The van der Waals surface area contributed by atoms with Gasteiger partial charge in [-0.3, -0.25) is 9.79 Å². The van der Waals surface area contributed by atoms with Crippen LogP contribution in [0.2, 0.25) is 0 Å². The number of ether oxygens (including phenoxy) is 2. The Hall–Kier alpha value is -2.44. The van der Waals surface area contributed by atoms with Gasteiger partial charge in [0.2, 0.25) is 5.91 Å². The van der Waals surface area contributed by atoms with Crippen LogP contribution in [0, 0.1) is 5.92 Å². The Bertz CT molecular complexity index is 746. The number of likely N-dealkylation sites (tertiary alicyclic amines) is 1. The summed E-state index contributed by atoms with van der Waals surface area (Å²) in [6.07, 6.45) is 7.58. The highest BCUT2D eigenvalue weighted by Crippen LogP contribution is 2.28. The van der Waals surface area contributed by atoms with Crippen LogP contribution in [0.5, 0.6) is 11.5 Å². The fourth-order valence-corrected chi connectivity index (χ4v) is 4.53. The molecule has 7 nitrogen and oxygen atoms in total. The number of hydrogen-bond acceptors (Lipinski definition) is 4. The van der Waals surface area contributed by atoms with Crippen molar-refractivity contribution < 1.29 is 14.3 Å². The summed E-state index contributed by atoms with van der Waals surface area (Å²) < 4.78 is 10.7. The summed E-state index contributed by atoms with van der Waals surface area (Å²) in [5.74, 6) is 2.90. The van der Waals surface area contributed by atoms with E-state index in [1.54, 1.807) is 14.2 Å². The number of nitrogens with zero attached hydrogens (tertiary/aromatic N) is 2. The summed E-state index contributed by atoms with van der Waals surface area (Å²) in [7, 11) is 3.29. The Kier molecular flexibility index (Phi) is 8.85. The van der Waals surface area contributed by atoms with E-state index >= 15 is 0 Å². The van der Waals surface area contributed by atoms with E-state index in [-0.39, 0.29) is 12.0 Å². The standard InChI is InChI=1S/C24H38N4O3/c1-4-25-24(26-14-12-18-10-11-21(30-2)22(16-18)31-3)27-20-13-15-28(17-20)23(29)19-8-6-5-7-9-19/h10-11,16,19-20H,4-9,12-15,17H2,1-3H3,(H2,25,26,27). The molecular weight excluding hydrogens is 392 g/mol. The maximum absolute atomic E-state index is 12.8. The Morgan fingerprint density at radius 2 is 1.90 bits per heavy atom. The van der Waals surface area contributed by atoms with Crippen LogP contribution in [0.4, 0.5) is 0 Å². The van der Waals surface area contributed by atoms with Gasteiger partial charge in [0.1, 0.15) is 0 Å². The van der Waals surface area contributed by atoms with E-state index < -0.39 is 0 Å². The average molecular weight is 431 g/mol. The van der Waals surface area contributed by atoms with Crippen LogP contribution < -0.4 is 20.1 Å². The van der Waals surface area contributed by atoms with Crippen LogP contribution in [0.1, 0.15) is 51.0 Å². The number of rotatable bonds is 8. The number of carbonyl (C=O) groups is 1. The van der Waals surface area contributed by atoms with Gasteiger partial charge in [0.15, 0.2) is 17.5 Å². The zero-order valence-electron chi connectivity index (χ0n) is 19.3. The largest absolute Gasteiger partial charge is 0.493 e. The highest BCUT2D eigenvalue weighted by atomic mass is 16.5. The molecule has 1 saturated heterocycles. The average Bonchev–Trinajstić information content (AvgIpc) is 3.27. The van der Waals surface area contributed by atoms with Gasteiger partial charge in [-0.25, -0.2) is 0 Å². The lowest BCUT2D eigenvalue weighted by Crippen LogP contribution is -2.45. The zero-order valence-corrected chi connectivity index (χ0v) is 19.3. The van der Waals surface area contributed by atoms with Gasteiger partial charge in [-0.1, -0.05) is 25.3 Å². The summed E-state index contributed by atoms with van der Waals surface area (Å²) in [6, 6.07) is 6.23. The third-order valence-corrected chi connectivity index (χ3v) is 6.26. The Morgan fingerprint density at radius 1 is 1.13 bits per heavy atom. The SMILES string of the molecule is CCNC(=NCCc1ccc(OC)c(OC)c1)NC1CCN(C(=O)C2CCCCC2)C1. The molecule has 1 aromatic rings. The van der Waals surface area contributed by atoms with E-state index in [9.17, 15) is 4.79 Å². The van der Waals surface area contributed by atoms with Gasteiger partial charge in [0.25, 0.3) is 0 Å². The molecule has 0 radical (unpaired) electrons. The van der Waals surface area contributed by atoms with Crippen molar-refractivity contribution in [2.45, 2.75) is 57.9 Å². The highest BCUT2D eigenvalue weighted by Gasteiger charge is 2.31. The zero-order chi connectivity index (χ0) is 22.1. The van der Waals surface area contributed by atoms with Crippen molar-refractivity contribution in [3.05, 3.63) is 23.8 Å². The maximum atomic E-state index is 12.8. The number of amides is 1. The molecule has 1 saturated carbocycles. The number of hydrogen-bond donors (Lipinski definition) is 2. The van der Waals surface area contributed by atoms with E-state index in [2.05, 4.69) is 22.5 Å². The van der Waals surface area contributed by atoms with E-state index in [1.165, 1.54) is 19.3 Å². The molecule has 0 aromatic heterocycles. The molecule has 1 heterocycles. The molecule has 2 N–H and O–H groups in total. The Labute approximate surface area is 186 Å². The quantitative estimate of drug-likeness (QED) is 0.490. The van der Waals surface area contributed by atoms with Crippen molar-refractivity contribution in [1.82, 2.24) is 15.5 Å². The first kappa shape index (κ1) is 23.2. The van der Waals surface area contributed by atoms with Crippen molar-refractivity contribution in [2.24, 2.45) is 10.9 Å². The Morgan fingerprint density at radius 3 is 2.61 bits per heavy atom. The molecule has 3 rings (SSSR count). The van der Waals surface area contributed by atoms with E-state index in [1.807, 2.05) is 18.2 Å². The van der Waals surface area contributed by atoms with Gasteiger partial charge < -0.3 is 25.0 Å². The van der Waals surface area contributed by atoms with Crippen LogP contribution in [-0.2, 0) is 11.2 Å². The molecule has 172 valence electrons. The summed E-state index contributed by atoms with van der Waals surface area (Å²) in [5.41, 5.74) is 1.15. The van der Waals surface area contributed by atoms with Crippen molar-refractivity contribution >= 4 is 11.9 Å². The molecule has 7 heteroatoms. The van der Waals surface area contributed by atoms with Crippen molar-refractivity contribution in [3.63, 3.8) is 0 Å². The molecule has 1 aromatic carbocycles. The molecule has 2 fully saturated rings. The fraction of sp³-hybridized carbons (Fsp3) is 0.667. The lowest BCUT2D eigenvalue weighted by molar-refractivity contribution is -0.135. The monoisotopic (exact) mass is 430 g/mol. The maximum Gasteiger partial charge on any atom is 0.225 e. The van der Waals surface area contributed by atoms with Crippen LogP contribution in [0.3, 0.4) is 0 Å². The molecule has 1 atom stereocenters. The number of aliphatic imine (C=N–C) groups is 1. The molecular formula is C24H38N4O3. The molecule has 1 aliphatic carbocycles. The van der Waals surface area contributed by atoms with E-state index in [0.717, 1.165) is 68.3 Å². The molecule has 0 spiro atoms. The summed E-state index contributed by atoms with van der Waals surface area (Å²) in [6.45, 7) is 5.16. The van der Waals surface area contributed by atoms with Gasteiger partial charge in [-0.2, -0.15) is 0 Å². The molecule has 1 amide bonds. The van der Waals surface area contributed by atoms with Crippen LogP contribution in [-0.4, -0.2) is 63.2 Å². The van der Waals surface area contributed by atoms with Crippen molar-refractivity contribution in [3.8, 4) is 11.5 Å². The van der Waals surface area contributed by atoms with Crippen LogP contribution in [0.15, 0.2) is 23.2 Å². The van der Waals surface area contributed by atoms with Gasteiger partial charge >= 0.3 is 0 Å². The van der Waals surface area contributed by atoms with E-state index in [4.69, 9.17) is 14.5 Å². The number of guanidine groups is 1. The number of benzene rings is 1. The molecule has 0 bridgehead atoms. The minimum absolute atomic E-state index is 0.246. The van der Waals surface area contributed by atoms with Crippen LogP contribution in [0.25, 0.3) is 0 Å². The van der Waals surface area contributed by atoms with Gasteiger partial charge in [0.05, 0.1) is 14.2 Å². The van der Waals surface area contributed by atoms with E-state index in [0.29, 0.717) is 12.5 Å². The Balaban J connectivity index is 1.51. The minimum atomic E-state index is 0.246. The van der Waals surface area contributed by atoms with Gasteiger partial charge in [-0.15, -0.1) is 0 Å². The predicted octanol–water partition coefficient (Wildman–Crippen LogP) is 2.98. The molecule has 2 aliphatic rings.